The van der Waals surface area contributed by atoms with Gasteiger partial charge in [-0.05, 0) is 26.3 Å². The van der Waals surface area contributed by atoms with Crippen molar-refractivity contribution in [2.75, 3.05) is 19.7 Å². The molecule has 0 aromatic heterocycles. The molecule has 4 nitrogen and oxygen atoms in total. The molecule has 0 aromatic rings. The molecule has 1 atom stereocenters. The van der Waals surface area contributed by atoms with Crippen LogP contribution in [0, 0.1) is 0 Å². The minimum atomic E-state index is -0.310. The fraction of sp³-hybridized carbons (Fsp3) is 0.889. The van der Waals surface area contributed by atoms with E-state index >= 15 is 0 Å². The van der Waals surface area contributed by atoms with Crippen LogP contribution in [0.5, 0.6) is 0 Å². The minimum Gasteiger partial charge on any atom is -0.448 e. The molecule has 1 aliphatic rings. The van der Waals surface area contributed by atoms with Gasteiger partial charge in [-0.3, -0.25) is 0 Å². The quantitative estimate of drug-likeness (QED) is 0.687. The Morgan fingerprint density at radius 1 is 1.62 bits per heavy atom. The van der Waals surface area contributed by atoms with Crippen LogP contribution in [0.3, 0.4) is 0 Å². The number of hydrogen-bond donors (Lipinski definition) is 2. The zero-order valence-electron chi connectivity index (χ0n) is 8.14. The van der Waals surface area contributed by atoms with Gasteiger partial charge in [-0.2, -0.15) is 0 Å². The van der Waals surface area contributed by atoms with Crippen molar-refractivity contribution < 1.29 is 9.53 Å². The van der Waals surface area contributed by atoms with Gasteiger partial charge in [0.1, 0.15) is 6.61 Å². The number of ether oxygens (including phenoxy) is 1. The summed E-state index contributed by atoms with van der Waals surface area (Å²) >= 11 is 0. The summed E-state index contributed by atoms with van der Waals surface area (Å²) in [6.45, 7) is 4.03. The fourth-order valence-electron chi connectivity index (χ4n) is 1.44. The van der Waals surface area contributed by atoms with Crippen LogP contribution < -0.4 is 10.6 Å². The summed E-state index contributed by atoms with van der Waals surface area (Å²) in [5, 5.41) is 5.91. The molecule has 1 fully saturated rings. The lowest BCUT2D eigenvalue weighted by atomic mass is 10.1. The van der Waals surface area contributed by atoms with Crippen molar-refractivity contribution in [2.24, 2.45) is 0 Å². The Labute approximate surface area is 79.0 Å². The molecular formula is C9H18N2O2. The Morgan fingerprint density at radius 3 is 3.08 bits per heavy atom. The van der Waals surface area contributed by atoms with Gasteiger partial charge in [-0.1, -0.05) is 6.42 Å². The second kappa shape index (κ2) is 5.80. The lowest BCUT2D eigenvalue weighted by Gasteiger charge is -2.22. The molecule has 1 amide bonds. The average Bonchev–Trinajstić information content (AvgIpc) is 2.17. The third-order valence-electron chi connectivity index (χ3n) is 2.15. The highest BCUT2D eigenvalue weighted by molar-refractivity contribution is 5.66. The van der Waals surface area contributed by atoms with E-state index in [0.29, 0.717) is 19.2 Å². The van der Waals surface area contributed by atoms with E-state index in [9.17, 15) is 4.79 Å². The smallest absolute Gasteiger partial charge is 0.407 e. The SMILES string of the molecule is CCNC(=O)OCC1CCCCN1. The molecule has 0 aromatic carbocycles. The highest BCUT2D eigenvalue weighted by atomic mass is 16.5. The lowest BCUT2D eigenvalue weighted by Crippen LogP contribution is -2.39. The number of nitrogens with one attached hydrogen (secondary N) is 2. The zero-order valence-corrected chi connectivity index (χ0v) is 8.14. The molecule has 1 heterocycles. The number of hydrogen-bond acceptors (Lipinski definition) is 3. The normalized spacial score (nSPS) is 22.4. The standard InChI is InChI=1S/C9H18N2O2/c1-2-10-9(12)13-7-8-5-3-4-6-11-8/h8,11H,2-7H2,1H3,(H,10,12). The molecule has 0 aliphatic carbocycles. The van der Waals surface area contributed by atoms with Gasteiger partial charge < -0.3 is 15.4 Å². The van der Waals surface area contributed by atoms with Gasteiger partial charge in [0, 0.05) is 12.6 Å². The van der Waals surface area contributed by atoms with Crippen LogP contribution in [0.1, 0.15) is 26.2 Å². The maximum absolute atomic E-state index is 10.9. The van der Waals surface area contributed by atoms with Crippen LogP contribution >= 0.6 is 0 Å². The third-order valence-corrected chi connectivity index (χ3v) is 2.15. The Kier molecular flexibility index (Phi) is 4.60. The highest BCUT2D eigenvalue weighted by Crippen LogP contribution is 2.06. The van der Waals surface area contributed by atoms with Crippen molar-refractivity contribution in [1.82, 2.24) is 10.6 Å². The summed E-state index contributed by atoms with van der Waals surface area (Å²) in [5.41, 5.74) is 0. The first-order valence-electron chi connectivity index (χ1n) is 4.97. The molecule has 13 heavy (non-hydrogen) atoms. The molecular weight excluding hydrogens is 168 g/mol. The molecule has 4 heteroatoms. The van der Waals surface area contributed by atoms with E-state index < -0.39 is 0 Å². The minimum absolute atomic E-state index is 0.310. The monoisotopic (exact) mass is 186 g/mol. The van der Waals surface area contributed by atoms with E-state index in [4.69, 9.17) is 4.74 Å². The number of piperidine rings is 1. The predicted molar refractivity (Wildman–Crippen MR) is 50.7 cm³/mol. The maximum atomic E-state index is 10.9. The van der Waals surface area contributed by atoms with Gasteiger partial charge in [0.25, 0.3) is 0 Å². The van der Waals surface area contributed by atoms with Crippen LogP contribution in [0.25, 0.3) is 0 Å². The summed E-state index contributed by atoms with van der Waals surface area (Å²) in [7, 11) is 0. The Hall–Kier alpha value is -0.770. The molecule has 0 saturated carbocycles. The van der Waals surface area contributed by atoms with Crippen LogP contribution in [-0.2, 0) is 4.74 Å². The van der Waals surface area contributed by atoms with Crippen molar-refractivity contribution in [2.45, 2.75) is 32.2 Å². The van der Waals surface area contributed by atoms with Crippen LogP contribution in [0.15, 0.2) is 0 Å². The first-order valence-corrected chi connectivity index (χ1v) is 4.97. The van der Waals surface area contributed by atoms with Gasteiger partial charge in [0.2, 0.25) is 0 Å². The van der Waals surface area contributed by atoms with Crippen molar-refractivity contribution >= 4 is 6.09 Å². The summed E-state index contributed by atoms with van der Waals surface area (Å²) < 4.78 is 5.01. The second-order valence-electron chi connectivity index (χ2n) is 3.28. The number of carbonyl (C=O) groups is 1. The second-order valence-corrected chi connectivity index (χ2v) is 3.28. The number of alkyl carbamates (subject to hydrolysis) is 1. The summed E-state index contributed by atoms with van der Waals surface area (Å²) in [6, 6.07) is 0.358. The molecule has 0 bridgehead atoms. The van der Waals surface area contributed by atoms with Crippen LogP contribution in [0.2, 0.25) is 0 Å². The topological polar surface area (TPSA) is 50.4 Å². The highest BCUT2D eigenvalue weighted by Gasteiger charge is 2.13. The van der Waals surface area contributed by atoms with Crippen molar-refractivity contribution in [3.05, 3.63) is 0 Å². The van der Waals surface area contributed by atoms with Crippen LogP contribution in [0.4, 0.5) is 4.79 Å². The molecule has 0 radical (unpaired) electrons. The Bertz CT molecular complexity index is 156. The van der Waals surface area contributed by atoms with E-state index in [1.165, 1.54) is 12.8 Å². The van der Waals surface area contributed by atoms with E-state index in [-0.39, 0.29) is 6.09 Å². The van der Waals surface area contributed by atoms with Gasteiger partial charge >= 0.3 is 6.09 Å². The lowest BCUT2D eigenvalue weighted by molar-refractivity contribution is 0.128. The average molecular weight is 186 g/mol. The molecule has 1 aliphatic heterocycles. The summed E-state index contributed by atoms with van der Waals surface area (Å²) in [4.78, 5) is 10.9. The fourth-order valence-corrected chi connectivity index (χ4v) is 1.44. The molecule has 1 saturated heterocycles. The van der Waals surface area contributed by atoms with Crippen LogP contribution in [-0.4, -0.2) is 31.8 Å². The first-order chi connectivity index (χ1) is 6.33. The van der Waals surface area contributed by atoms with Crippen molar-refractivity contribution in [3.8, 4) is 0 Å². The van der Waals surface area contributed by atoms with Gasteiger partial charge in [0.05, 0.1) is 0 Å². The van der Waals surface area contributed by atoms with Crippen molar-refractivity contribution in [3.63, 3.8) is 0 Å². The van der Waals surface area contributed by atoms with E-state index in [2.05, 4.69) is 10.6 Å². The number of amides is 1. The molecule has 76 valence electrons. The predicted octanol–water partition coefficient (Wildman–Crippen LogP) is 0.875. The number of carbonyl (C=O) groups excluding carboxylic acids is 1. The third kappa shape index (κ3) is 4.12. The summed E-state index contributed by atoms with van der Waals surface area (Å²) in [5.74, 6) is 0. The van der Waals surface area contributed by atoms with Gasteiger partial charge in [-0.15, -0.1) is 0 Å². The van der Waals surface area contributed by atoms with Gasteiger partial charge in [0.15, 0.2) is 0 Å². The molecule has 1 unspecified atom stereocenters. The van der Waals surface area contributed by atoms with E-state index in [1.54, 1.807) is 0 Å². The molecule has 0 spiro atoms. The number of rotatable bonds is 3. The maximum Gasteiger partial charge on any atom is 0.407 e. The Balaban J connectivity index is 2.06. The Morgan fingerprint density at radius 2 is 2.46 bits per heavy atom. The largest absolute Gasteiger partial charge is 0.448 e. The van der Waals surface area contributed by atoms with E-state index in [1.807, 2.05) is 6.92 Å². The summed E-state index contributed by atoms with van der Waals surface area (Å²) in [6.07, 6.45) is 3.27. The molecule has 1 rings (SSSR count). The van der Waals surface area contributed by atoms with Gasteiger partial charge in [-0.25, -0.2) is 4.79 Å². The molecule has 2 N–H and O–H groups in total. The van der Waals surface area contributed by atoms with E-state index in [0.717, 1.165) is 13.0 Å². The van der Waals surface area contributed by atoms with Crippen molar-refractivity contribution in [1.29, 1.82) is 0 Å². The zero-order chi connectivity index (χ0) is 9.52. The first kappa shape index (κ1) is 10.3.